The summed E-state index contributed by atoms with van der Waals surface area (Å²) < 4.78 is 1.89. The molecule has 0 aliphatic rings. The van der Waals surface area contributed by atoms with Gasteiger partial charge < -0.3 is 5.11 Å². The summed E-state index contributed by atoms with van der Waals surface area (Å²) in [4.78, 5) is 0. The van der Waals surface area contributed by atoms with Gasteiger partial charge >= 0.3 is 0 Å². The molecule has 0 fully saturated rings. The molecule has 102 valence electrons. The molecule has 0 bridgehead atoms. The van der Waals surface area contributed by atoms with Crippen molar-refractivity contribution in [1.82, 2.24) is 9.78 Å². The van der Waals surface area contributed by atoms with Crippen LogP contribution in [0.25, 0.3) is 0 Å². The Balaban J connectivity index is 2.15. The molecule has 2 aromatic rings. The molecule has 19 heavy (non-hydrogen) atoms. The number of aromatic nitrogens is 2. The van der Waals surface area contributed by atoms with E-state index in [4.69, 9.17) is 0 Å². The first-order valence-electron chi connectivity index (χ1n) is 6.80. The molecular weight excluding hydrogens is 236 g/mol. The smallest absolute Gasteiger partial charge is 0.0985 e. The van der Waals surface area contributed by atoms with E-state index >= 15 is 0 Å². The Kier molecular flexibility index (Phi) is 4.05. The standard InChI is InChI=1S/C16H22N2O/c1-5-14-6-8-15(9-7-14)16(19)10-18-13(4)11(2)12(3)17-18/h6-9,16,19H,5,10H2,1-4H3. The topological polar surface area (TPSA) is 38.0 Å². The second-order valence-electron chi connectivity index (χ2n) is 5.09. The van der Waals surface area contributed by atoms with Crippen molar-refractivity contribution in [3.05, 3.63) is 52.3 Å². The minimum absolute atomic E-state index is 0.506. The molecule has 0 saturated carbocycles. The zero-order valence-corrected chi connectivity index (χ0v) is 12.1. The lowest BCUT2D eigenvalue weighted by molar-refractivity contribution is 0.150. The minimum atomic E-state index is -0.511. The van der Waals surface area contributed by atoms with Gasteiger partial charge in [-0.3, -0.25) is 4.68 Å². The number of aliphatic hydroxyl groups is 1. The molecule has 1 heterocycles. The molecule has 0 saturated heterocycles. The van der Waals surface area contributed by atoms with E-state index in [0.717, 1.165) is 23.4 Å². The molecule has 0 radical (unpaired) electrons. The van der Waals surface area contributed by atoms with E-state index in [2.05, 4.69) is 31.1 Å². The van der Waals surface area contributed by atoms with Crippen LogP contribution in [-0.4, -0.2) is 14.9 Å². The SMILES string of the molecule is CCc1ccc(C(O)Cn2nc(C)c(C)c2C)cc1. The molecule has 0 amide bonds. The maximum Gasteiger partial charge on any atom is 0.0985 e. The van der Waals surface area contributed by atoms with E-state index in [1.54, 1.807) is 0 Å². The fourth-order valence-electron chi connectivity index (χ4n) is 2.21. The van der Waals surface area contributed by atoms with E-state index in [-0.39, 0.29) is 0 Å². The fourth-order valence-corrected chi connectivity index (χ4v) is 2.21. The van der Waals surface area contributed by atoms with E-state index in [9.17, 15) is 5.11 Å². The molecule has 1 atom stereocenters. The van der Waals surface area contributed by atoms with E-state index < -0.39 is 6.10 Å². The molecule has 0 aliphatic heterocycles. The Bertz CT molecular complexity index is 555. The molecular formula is C16H22N2O. The predicted octanol–water partition coefficient (Wildman–Crippen LogP) is 3.10. The van der Waals surface area contributed by atoms with E-state index in [1.807, 2.05) is 30.7 Å². The average molecular weight is 258 g/mol. The maximum absolute atomic E-state index is 10.3. The lowest BCUT2D eigenvalue weighted by atomic mass is 10.1. The van der Waals surface area contributed by atoms with Gasteiger partial charge in [-0.05, 0) is 43.9 Å². The Morgan fingerprint density at radius 3 is 2.26 bits per heavy atom. The molecule has 0 aliphatic carbocycles. The zero-order valence-electron chi connectivity index (χ0n) is 12.1. The van der Waals surface area contributed by atoms with Crippen LogP contribution < -0.4 is 0 Å². The number of hydrogen-bond acceptors (Lipinski definition) is 2. The van der Waals surface area contributed by atoms with Gasteiger partial charge in [0.1, 0.15) is 0 Å². The summed E-state index contributed by atoms with van der Waals surface area (Å²) in [7, 11) is 0. The summed E-state index contributed by atoms with van der Waals surface area (Å²) in [6, 6.07) is 8.15. The highest BCUT2D eigenvalue weighted by atomic mass is 16.3. The highest BCUT2D eigenvalue weighted by Crippen LogP contribution is 2.19. The van der Waals surface area contributed by atoms with Crippen LogP contribution in [0.3, 0.4) is 0 Å². The summed E-state index contributed by atoms with van der Waals surface area (Å²) in [5.74, 6) is 0. The first-order valence-corrected chi connectivity index (χ1v) is 6.80. The third kappa shape index (κ3) is 2.87. The molecule has 3 nitrogen and oxygen atoms in total. The van der Waals surface area contributed by atoms with Crippen LogP contribution in [-0.2, 0) is 13.0 Å². The van der Waals surface area contributed by atoms with Crippen molar-refractivity contribution in [2.24, 2.45) is 0 Å². The van der Waals surface area contributed by atoms with Gasteiger partial charge in [-0.1, -0.05) is 31.2 Å². The Labute approximate surface area is 114 Å². The average Bonchev–Trinajstić information content (AvgIpc) is 2.66. The quantitative estimate of drug-likeness (QED) is 0.915. The number of aryl methyl sites for hydroxylation is 2. The first kappa shape index (κ1) is 13.8. The second kappa shape index (κ2) is 5.57. The van der Waals surface area contributed by atoms with Crippen molar-refractivity contribution < 1.29 is 5.11 Å². The second-order valence-corrected chi connectivity index (χ2v) is 5.09. The maximum atomic E-state index is 10.3. The first-order chi connectivity index (χ1) is 9.02. The molecule has 1 aromatic heterocycles. The van der Waals surface area contributed by atoms with Crippen molar-refractivity contribution in [3.63, 3.8) is 0 Å². The Morgan fingerprint density at radius 1 is 1.16 bits per heavy atom. The third-order valence-electron chi connectivity index (χ3n) is 3.86. The van der Waals surface area contributed by atoms with Crippen LogP contribution in [0.2, 0.25) is 0 Å². The van der Waals surface area contributed by atoms with Crippen molar-refractivity contribution in [2.45, 2.75) is 46.8 Å². The van der Waals surface area contributed by atoms with Crippen LogP contribution in [0, 0.1) is 20.8 Å². The largest absolute Gasteiger partial charge is 0.386 e. The van der Waals surface area contributed by atoms with Crippen LogP contribution in [0.1, 0.15) is 41.1 Å². The molecule has 2 rings (SSSR count). The number of rotatable bonds is 4. The van der Waals surface area contributed by atoms with Crippen LogP contribution in [0.4, 0.5) is 0 Å². The molecule has 1 unspecified atom stereocenters. The van der Waals surface area contributed by atoms with Gasteiger partial charge in [-0.15, -0.1) is 0 Å². The van der Waals surface area contributed by atoms with Crippen molar-refractivity contribution in [3.8, 4) is 0 Å². The molecule has 0 spiro atoms. The highest BCUT2D eigenvalue weighted by molar-refractivity contribution is 5.25. The lowest BCUT2D eigenvalue weighted by Gasteiger charge is -2.13. The van der Waals surface area contributed by atoms with Crippen LogP contribution in [0.15, 0.2) is 24.3 Å². The van der Waals surface area contributed by atoms with Gasteiger partial charge in [0, 0.05) is 5.69 Å². The lowest BCUT2D eigenvalue weighted by Crippen LogP contribution is -2.11. The number of aliphatic hydroxyl groups excluding tert-OH is 1. The fraction of sp³-hybridized carbons (Fsp3) is 0.438. The van der Waals surface area contributed by atoms with Crippen molar-refractivity contribution in [2.75, 3.05) is 0 Å². The van der Waals surface area contributed by atoms with Gasteiger partial charge in [0.25, 0.3) is 0 Å². The molecule has 3 heteroatoms. The van der Waals surface area contributed by atoms with Crippen molar-refractivity contribution in [1.29, 1.82) is 0 Å². The van der Waals surface area contributed by atoms with Gasteiger partial charge in [0.2, 0.25) is 0 Å². The zero-order chi connectivity index (χ0) is 14.0. The monoisotopic (exact) mass is 258 g/mol. The summed E-state index contributed by atoms with van der Waals surface area (Å²) >= 11 is 0. The molecule has 1 aromatic carbocycles. The van der Waals surface area contributed by atoms with Crippen LogP contribution in [0.5, 0.6) is 0 Å². The number of benzene rings is 1. The summed E-state index contributed by atoms with van der Waals surface area (Å²) in [6.45, 7) is 8.75. The van der Waals surface area contributed by atoms with Crippen LogP contribution >= 0.6 is 0 Å². The van der Waals surface area contributed by atoms with Gasteiger partial charge in [-0.2, -0.15) is 5.10 Å². The minimum Gasteiger partial charge on any atom is -0.386 e. The summed E-state index contributed by atoms with van der Waals surface area (Å²) in [6.07, 6.45) is 0.510. The highest BCUT2D eigenvalue weighted by Gasteiger charge is 2.13. The summed E-state index contributed by atoms with van der Waals surface area (Å²) in [5.41, 5.74) is 5.60. The Morgan fingerprint density at radius 2 is 1.79 bits per heavy atom. The molecule has 1 N–H and O–H groups in total. The van der Waals surface area contributed by atoms with Gasteiger partial charge in [0.15, 0.2) is 0 Å². The Hall–Kier alpha value is -1.61. The summed E-state index contributed by atoms with van der Waals surface area (Å²) in [5, 5.41) is 14.8. The van der Waals surface area contributed by atoms with Gasteiger partial charge in [-0.25, -0.2) is 0 Å². The van der Waals surface area contributed by atoms with Gasteiger partial charge in [0.05, 0.1) is 18.3 Å². The van der Waals surface area contributed by atoms with Crippen molar-refractivity contribution >= 4 is 0 Å². The third-order valence-corrected chi connectivity index (χ3v) is 3.86. The normalized spacial score (nSPS) is 12.7. The number of hydrogen-bond donors (Lipinski definition) is 1. The number of nitrogens with zero attached hydrogens (tertiary/aromatic N) is 2. The predicted molar refractivity (Wildman–Crippen MR) is 77.2 cm³/mol. The van der Waals surface area contributed by atoms with E-state index in [0.29, 0.717) is 6.54 Å². The van der Waals surface area contributed by atoms with E-state index in [1.165, 1.54) is 11.1 Å².